The van der Waals surface area contributed by atoms with Crippen molar-refractivity contribution in [2.24, 2.45) is 4.99 Å². The first-order chi connectivity index (χ1) is 17.2. The standard InChI is InChI=1S/C27H27BrN2O5S/c1-6-34-19-10-7-17(8-11-19)13-22-25(31)30-24(20-14-18(28)9-12-21(20)33-5)23(26(32)35-15(2)3)16(4)29-27(30)36-22/h7-15,24H,6H2,1-5H3/b22-13-/t24-/m1/s1. The number of carbonyl (C=O) groups is 1. The second-order valence-electron chi connectivity index (χ2n) is 8.42. The van der Waals surface area contributed by atoms with Gasteiger partial charge in [-0.25, -0.2) is 9.79 Å². The van der Waals surface area contributed by atoms with Crippen LogP contribution in [0, 0.1) is 0 Å². The van der Waals surface area contributed by atoms with Gasteiger partial charge in [0.15, 0.2) is 4.80 Å². The predicted octanol–water partition coefficient (Wildman–Crippen LogP) is 4.36. The molecule has 0 bridgehead atoms. The lowest BCUT2D eigenvalue weighted by atomic mass is 9.95. The molecule has 0 radical (unpaired) electrons. The number of nitrogens with zero attached hydrogens (tertiary/aromatic N) is 2. The van der Waals surface area contributed by atoms with E-state index in [0.717, 1.165) is 15.8 Å². The summed E-state index contributed by atoms with van der Waals surface area (Å²) in [6, 6.07) is 12.3. The molecular formula is C27H27BrN2O5S. The molecule has 1 aliphatic heterocycles. The van der Waals surface area contributed by atoms with Gasteiger partial charge in [0.2, 0.25) is 0 Å². The third kappa shape index (κ3) is 5.17. The van der Waals surface area contributed by atoms with Gasteiger partial charge < -0.3 is 14.2 Å². The van der Waals surface area contributed by atoms with Gasteiger partial charge in [-0.15, -0.1) is 0 Å². The summed E-state index contributed by atoms with van der Waals surface area (Å²) in [7, 11) is 1.56. The van der Waals surface area contributed by atoms with Gasteiger partial charge in [0.05, 0.1) is 35.6 Å². The van der Waals surface area contributed by atoms with Gasteiger partial charge in [-0.3, -0.25) is 9.36 Å². The van der Waals surface area contributed by atoms with Crippen molar-refractivity contribution in [2.45, 2.75) is 39.8 Å². The Labute approximate surface area is 221 Å². The molecule has 0 amide bonds. The molecule has 0 spiro atoms. The van der Waals surface area contributed by atoms with Gasteiger partial charge in [0.1, 0.15) is 17.5 Å². The first-order valence-electron chi connectivity index (χ1n) is 11.5. The maximum atomic E-state index is 13.8. The zero-order chi connectivity index (χ0) is 26.0. The summed E-state index contributed by atoms with van der Waals surface area (Å²) in [4.78, 5) is 32.2. The Hall–Kier alpha value is -3.17. The Kier molecular flexibility index (Phi) is 7.80. The number of benzene rings is 2. The second kappa shape index (κ2) is 10.8. The lowest BCUT2D eigenvalue weighted by molar-refractivity contribution is -0.143. The van der Waals surface area contributed by atoms with Crippen molar-refractivity contribution in [3.63, 3.8) is 0 Å². The molecule has 1 aromatic heterocycles. The molecule has 36 heavy (non-hydrogen) atoms. The first-order valence-corrected chi connectivity index (χ1v) is 13.1. The van der Waals surface area contributed by atoms with Gasteiger partial charge in [-0.2, -0.15) is 0 Å². The lowest BCUT2D eigenvalue weighted by Crippen LogP contribution is -2.40. The minimum Gasteiger partial charge on any atom is -0.496 e. The number of fused-ring (bicyclic) bond motifs is 1. The molecule has 1 aliphatic rings. The van der Waals surface area contributed by atoms with Crippen LogP contribution in [0.1, 0.15) is 44.9 Å². The highest BCUT2D eigenvalue weighted by Gasteiger charge is 2.35. The number of allylic oxidation sites excluding steroid dienone is 1. The van der Waals surface area contributed by atoms with Gasteiger partial charge in [0, 0.05) is 10.0 Å². The summed E-state index contributed by atoms with van der Waals surface area (Å²) < 4.78 is 19.6. The topological polar surface area (TPSA) is 79.1 Å². The molecule has 2 aromatic carbocycles. The van der Waals surface area contributed by atoms with E-state index in [0.29, 0.717) is 38.5 Å². The van der Waals surface area contributed by atoms with Crippen LogP contribution in [0.15, 0.2) is 68.0 Å². The van der Waals surface area contributed by atoms with Crippen LogP contribution in [0.2, 0.25) is 0 Å². The summed E-state index contributed by atoms with van der Waals surface area (Å²) >= 11 is 4.79. The Balaban J connectivity index is 1.94. The van der Waals surface area contributed by atoms with Crippen LogP contribution in [-0.2, 0) is 9.53 Å². The maximum Gasteiger partial charge on any atom is 0.338 e. The van der Waals surface area contributed by atoms with E-state index in [1.807, 2.05) is 49.4 Å². The van der Waals surface area contributed by atoms with E-state index in [9.17, 15) is 9.59 Å². The largest absolute Gasteiger partial charge is 0.496 e. The van der Waals surface area contributed by atoms with Gasteiger partial charge in [-0.1, -0.05) is 39.4 Å². The smallest absolute Gasteiger partial charge is 0.338 e. The third-order valence-corrected chi connectivity index (χ3v) is 7.04. The number of esters is 1. The molecule has 0 saturated heterocycles. The van der Waals surface area contributed by atoms with E-state index in [2.05, 4.69) is 20.9 Å². The lowest BCUT2D eigenvalue weighted by Gasteiger charge is -2.26. The molecule has 4 rings (SSSR count). The molecule has 2 heterocycles. The number of rotatable bonds is 7. The van der Waals surface area contributed by atoms with Crippen LogP contribution >= 0.6 is 27.3 Å². The Morgan fingerprint density at radius 1 is 1.22 bits per heavy atom. The molecule has 7 nitrogen and oxygen atoms in total. The molecule has 3 aromatic rings. The van der Waals surface area contributed by atoms with Crippen molar-refractivity contribution in [3.05, 3.63) is 89.0 Å². The average Bonchev–Trinajstić information content (AvgIpc) is 3.13. The highest BCUT2D eigenvalue weighted by atomic mass is 79.9. The highest BCUT2D eigenvalue weighted by molar-refractivity contribution is 9.10. The van der Waals surface area contributed by atoms with Crippen molar-refractivity contribution in [2.75, 3.05) is 13.7 Å². The van der Waals surface area contributed by atoms with Gasteiger partial charge in [0.25, 0.3) is 5.56 Å². The molecular weight excluding hydrogens is 544 g/mol. The molecule has 0 N–H and O–H groups in total. The maximum absolute atomic E-state index is 13.8. The molecule has 0 saturated carbocycles. The van der Waals surface area contributed by atoms with Crippen LogP contribution < -0.4 is 24.4 Å². The minimum absolute atomic E-state index is 0.248. The molecule has 9 heteroatoms. The Bertz CT molecular complexity index is 1500. The van der Waals surface area contributed by atoms with Crippen molar-refractivity contribution in [3.8, 4) is 11.5 Å². The van der Waals surface area contributed by atoms with Crippen LogP contribution in [0.4, 0.5) is 0 Å². The number of thiazole rings is 1. The van der Waals surface area contributed by atoms with E-state index in [1.165, 1.54) is 11.3 Å². The van der Waals surface area contributed by atoms with E-state index >= 15 is 0 Å². The van der Waals surface area contributed by atoms with Gasteiger partial charge in [-0.05, 0) is 69.7 Å². The summed E-state index contributed by atoms with van der Waals surface area (Å²) in [5, 5.41) is 0. The Morgan fingerprint density at radius 2 is 1.94 bits per heavy atom. The van der Waals surface area contributed by atoms with E-state index in [-0.39, 0.29) is 11.7 Å². The number of halogens is 1. The number of hydrogen-bond acceptors (Lipinski definition) is 7. The van der Waals surface area contributed by atoms with Crippen molar-refractivity contribution >= 4 is 39.3 Å². The first kappa shape index (κ1) is 25.9. The third-order valence-electron chi connectivity index (χ3n) is 5.56. The van der Waals surface area contributed by atoms with Crippen LogP contribution in [-0.4, -0.2) is 30.4 Å². The predicted molar refractivity (Wildman–Crippen MR) is 143 cm³/mol. The van der Waals surface area contributed by atoms with Gasteiger partial charge >= 0.3 is 5.97 Å². The van der Waals surface area contributed by atoms with Crippen molar-refractivity contribution in [1.82, 2.24) is 4.57 Å². The zero-order valence-electron chi connectivity index (χ0n) is 20.7. The fraction of sp³-hybridized carbons (Fsp3) is 0.296. The van der Waals surface area contributed by atoms with Crippen molar-refractivity contribution < 1.29 is 19.0 Å². The molecule has 0 aliphatic carbocycles. The van der Waals surface area contributed by atoms with Crippen LogP contribution in [0.25, 0.3) is 6.08 Å². The van der Waals surface area contributed by atoms with E-state index in [1.54, 1.807) is 38.5 Å². The van der Waals surface area contributed by atoms with Crippen molar-refractivity contribution in [1.29, 1.82) is 0 Å². The number of hydrogen-bond donors (Lipinski definition) is 0. The highest BCUT2D eigenvalue weighted by Crippen LogP contribution is 2.37. The number of methoxy groups -OCH3 is 1. The fourth-order valence-corrected chi connectivity index (χ4v) is 5.48. The summed E-state index contributed by atoms with van der Waals surface area (Å²) in [5.41, 5.74) is 2.07. The SMILES string of the molecule is CCOc1ccc(/C=c2\sc3n(c2=O)[C@H](c2cc(Br)ccc2OC)C(C(=O)OC(C)C)=C(C)N=3)cc1. The molecule has 1 atom stereocenters. The fourth-order valence-electron chi connectivity index (χ4n) is 4.05. The second-order valence-corrected chi connectivity index (χ2v) is 10.3. The van der Waals surface area contributed by atoms with E-state index < -0.39 is 12.0 Å². The summed E-state index contributed by atoms with van der Waals surface area (Å²) in [5.74, 6) is 0.801. The van der Waals surface area contributed by atoms with Crippen LogP contribution in [0.3, 0.4) is 0 Å². The average molecular weight is 571 g/mol. The quantitative estimate of drug-likeness (QED) is 0.394. The molecule has 0 unspecified atom stereocenters. The summed E-state index contributed by atoms with van der Waals surface area (Å²) in [6.45, 7) is 7.84. The summed E-state index contributed by atoms with van der Waals surface area (Å²) in [6.07, 6.45) is 1.49. The zero-order valence-corrected chi connectivity index (χ0v) is 23.1. The van der Waals surface area contributed by atoms with Crippen LogP contribution in [0.5, 0.6) is 11.5 Å². The minimum atomic E-state index is -0.762. The molecule has 188 valence electrons. The Morgan fingerprint density at radius 3 is 2.58 bits per heavy atom. The number of carbonyl (C=O) groups excluding carboxylic acids is 1. The normalized spacial score (nSPS) is 15.5. The van der Waals surface area contributed by atoms with E-state index in [4.69, 9.17) is 14.2 Å². The number of ether oxygens (including phenoxy) is 3. The number of aromatic nitrogens is 1. The molecule has 0 fully saturated rings. The monoisotopic (exact) mass is 570 g/mol.